The molecule has 1 saturated heterocycles. The van der Waals surface area contributed by atoms with Crippen molar-refractivity contribution in [2.75, 3.05) is 6.54 Å². The first kappa shape index (κ1) is 16.8. The van der Waals surface area contributed by atoms with Gasteiger partial charge in [-0.15, -0.1) is 10.2 Å². The number of hydrogen-bond donors (Lipinski definition) is 1. The summed E-state index contributed by atoms with van der Waals surface area (Å²) in [5.74, 6) is 2.78. The molecule has 0 amide bonds. The number of aryl methyl sites for hydroxylation is 1. The van der Waals surface area contributed by atoms with E-state index in [9.17, 15) is 5.11 Å². The van der Waals surface area contributed by atoms with E-state index in [0.717, 1.165) is 31.2 Å². The Morgan fingerprint density at radius 2 is 2.12 bits per heavy atom. The van der Waals surface area contributed by atoms with Gasteiger partial charge in [0.15, 0.2) is 0 Å². The summed E-state index contributed by atoms with van der Waals surface area (Å²) in [6, 6.07) is 4.65. The van der Waals surface area contributed by atoms with Gasteiger partial charge in [0, 0.05) is 12.1 Å². The predicted molar refractivity (Wildman–Crippen MR) is 94.0 cm³/mol. The number of furan rings is 1. The zero-order valence-electron chi connectivity index (χ0n) is 15.0. The molecule has 2 aromatic rings. The Labute approximate surface area is 148 Å². The van der Waals surface area contributed by atoms with Crippen molar-refractivity contribution < 1.29 is 9.52 Å². The fraction of sp³-hybridized carbons (Fsp3) is 0.684. The van der Waals surface area contributed by atoms with Crippen LogP contribution in [-0.2, 0) is 6.54 Å². The van der Waals surface area contributed by atoms with E-state index in [1.165, 1.54) is 32.1 Å². The standard InChI is InChI=1S/C19H28N4O2/c1-14-20-21-19(23(14)15-8-9-15)13-22-10-4-2-3-6-16(22)12-17(24)18-7-5-11-25-18/h5,7,11,15-17,24H,2-4,6,8-10,12-13H2,1H3. The van der Waals surface area contributed by atoms with Crippen molar-refractivity contribution in [2.24, 2.45) is 0 Å². The summed E-state index contributed by atoms with van der Waals surface area (Å²) in [5.41, 5.74) is 0. The summed E-state index contributed by atoms with van der Waals surface area (Å²) in [4.78, 5) is 2.50. The highest BCUT2D eigenvalue weighted by molar-refractivity contribution is 5.04. The molecule has 3 heterocycles. The zero-order valence-corrected chi connectivity index (χ0v) is 15.0. The van der Waals surface area contributed by atoms with E-state index in [-0.39, 0.29) is 0 Å². The van der Waals surface area contributed by atoms with Crippen LogP contribution in [-0.4, -0.2) is 37.4 Å². The third-order valence-electron chi connectivity index (χ3n) is 5.56. The molecule has 6 heteroatoms. The topological polar surface area (TPSA) is 67.3 Å². The van der Waals surface area contributed by atoms with Crippen molar-refractivity contribution in [2.45, 2.75) is 76.6 Å². The van der Waals surface area contributed by atoms with E-state index < -0.39 is 6.10 Å². The van der Waals surface area contributed by atoms with Crippen molar-refractivity contribution >= 4 is 0 Å². The number of rotatable bonds is 6. The highest BCUT2D eigenvalue weighted by atomic mass is 16.4. The van der Waals surface area contributed by atoms with Crippen molar-refractivity contribution in [3.63, 3.8) is 0 Å². The van der Waals surface area contributed by atoms with Gasteiger partial charge in [-0.25, -0.2) is 0 Å². The Kier molecular flexibility index (Phi) is 4.90. The third-order valence-corrected chi connectivity index (χ3v) is 5.56. The van der Waals surface area contributed by atoms with E-state index in [2.05, 4.69) is 26.6 Å². The molecule has 1 saturated carbocycles. The Morgan fingerprint density at radius 1 is 1.24 bits per heavy atom. The maximum absolute atomic E-state index is 10.5. The summed E-state index contributed by atoms with van der Waals surface area (Å²) in [6.07, 6.45) is 9.10. The Balaban J connectivity index is 1.49. The Morgan fingerprint density at radius 3 is 2.88 bits per heavy atom. The molecule has 0 bridgehead atoms. The lowest BCUT2D eigenvalue weighted by atomic mass is 10.0. The van der Waals surface area contributed by atoms with Gasteiger partial charge in [0.1, 0.15) is 23.5 Å². The monoisotopic (exact) mass is 344 g/mol. The summed E-state index contributed by atoms with van der Waals surface area (Å²) >= 11 is 0. The van der Waals surface area contributed by atoms with Gasteiger partial charge in [-0.1, -0.05) is 12.8 Å². The number of likely N-dealkylation sites (tertiary alicyclic amines) is 1. The molecule has 0 spiro atoms. The third kappa shape index (κ3) is 3.80. The largest absolute Gasteiger partial charge is 0.467 e. The van der Waals surface area contributed by atoms with E-state index in [1.807, 2.05) is 12.1 Å². The van der Waals surface area contributed by atoms with E-state index >= 15 is 0 Å². The van der Waals surface area contributed by atoms with E-state index in [1.54, 1.807) is 6.26 Å². The maximum Gasteiger partial charge on any atom is 0.147 e. The molecule has 2 aliphatic rings. The van der Waals surface area contributed by atoms with Crippen LogP contribution in [0.5, 0.6) is 0 Å². The van der Waals surface area contributed by atoms with Gasteiger partial charge in [-0.2, -0.15) is 0 Å². The van der Waals surface area contributed by atoms with Crippen LogP contribution >= 0.6 is 0 Å². The van der Waals surface area contributed by atoms with Crippen LogP contribution in [0.25, 0.3) is 0 Å². The molecule has 2 atom stereocenters. The van der Waals surface area contributed by atoms with Gasteiger partial charge in [0.2, 0.25) is 0 Å². The molecule has 25 heavy (non-hydrogen) atoms. The van der Waals surface area contributed by atoms with Gasteiger partial charge in [0.05, 0.1) is 12.8 Å². The summed E-state index contributed by atoms with van der Waals surface area (Å²) in [6.45, 7) is 3.94. The Hall–Kier alpha value is -1.66. The molecule has 6 nitrogen and oxygen atoms in total. The van der Waals surface area contributed by atoms with Crippen molar-refractivity contribution in [3.8, 4) is 0 Å². The van der Waals surface area contributed by atoms with Gasteiger partial charge < -0.3 is 14.1 Å². The molecule has 2 aromatic heterocycles. The number of nitrogens with zero attached hydrogens (tertiary/aromatic N) is 4. The van der Waals surface area contributed by atoms with Crippen molar-refractivity contribution in [3.05, 3.63) is 35.8 Å². The second-order valence-corrected chi connectivity index (χ2v) is 7.51. The number of hydrogen-bond acceptors (Lipinski definition) is 5. The highest BCUT2D eigenvalue weighted by Gasteiger charge is 2.31. The minimum Gasteiger partial charge on any atom is -0.467 e. The number of aliphatic hydroxyl groups excluding tert-OH is 1. The van der Waals surface area contributed by atoms with Crippen LogP contribution in [0, 0.1) is 6.92 Å². The molecular weight excluding hydrogens is 316 g/mol. The predicted octanol–water partition coefficient (Wildman–Crippen LogP) is 3.38. The van der Waals surface area contributed by atoms with Crippen LogP contribution in [0.15, 0.2) is 22.8 Å². The van der Waals surface area contributed by atoms with Gasteiger partial charge in [0.25, 0.3) is 0 Å². The van der Waals surface area contributed by atoms with Gasteiger partial charge in [-0.3, -0.25) is 4.90 Å². The Bertz CT molecular complexity index is 678. The fourth-order valence-corrected chi connectivity index (χ4v) is 4.08. The van der Waals surface area contributed by atoms with Crippen LogP contribution in [0.3, 0.4) is 0 Å². The molecule has 2 unspecified atom stereocenters. The number of aromatic nitrogens is 3. The molecule has 0 radical (unpaired) electrons. The van der Waals surface area contributed by atoms with Crippen LogP contribution in [0.2, 0.25) is 0 Å². The second kappa shape index (κ2) is 7.30. The molecule has 1 aliphatic heterocycles. The fourth-order valence-electron chi connectivity index (χ4n) is 4.08. The summed E-state index contributed by atoms with van der Waals surface area (Å²) in [7, 11) is 0. The van der Waals surface area contributed by atoms with E-state index in [0.29, 0.717) is 24.3 Å². The molecule has 2 fully saturated rings. The summed E-state index contributed by atoms with van der Waals surface area (Å²) < 4.78 is 7.71. The molecule has 0 aromatic carbocycles. The van der Waals surface area contributed by atoms with Crippen LogP contribution in [0.1, 0.15) is 74.5 Å². The van der Waals surface area contributed by atoms with Crippen molar-refractivity contribution in [1.82, 2.24) is 19.7 Å². The lowest BCUT2D eigenvalue weighted by Crippen LogP contribution is -2.36. The minimum atomic E-state index is -0.538. The summed E-state index contributed by atoms with van der Waals surface area (Å²) in [5, 5.41) is 19.3. The van der Waals surface area contributed by atoms with Crippen LogP contribution < -0.4 is 0 Å². The quantitative estimate of drug-likeness (QED) is 0.870. The van der Waals surface area contributed by atoms with E-state index in [4.69, 9.17) is 4.42 Å². The smallest absolute Gasteiger partial charge is 0.147 e. The molecule has 1 aliphatic carbocycles. The van der Waals surface area contributed by atoms with Crippen LogP contribution in [0.4, 0.5) is 0 Å². The lowest BCUT2D eigenvalue weighted by Gasteiger charge is -2.30. The molecule has 136 valence electrons. The molecule has 1 N–H and O–H groups in total. The first-order valence-electron chi connectivity index (χ1n) is 9.58. The number of aliphatic hydroxyl groups is 1. The normalized spacial score (nSPS) is 23.5. The first-order chi connectivity index (χ1) is 12.2. The SMILES string of the molecule is Cc1nnc(CN2CCCCCC2CC(O)c2ccco2)n1C1CC1. The van der Waals surface area contributed by atoms with Gasteiger partial charge >= 0.3 is 0 Å². The minimum absolute atomic E-state index is 0.354. The second-order valence-electron chi connectivity index (χ2n) is 7.51. The van der Waals surface area contributed by atoms with Crippen molar-refractivity contribution in [1.29, 1.82) is 0 Å². The average molecular weight is 344 g/mol. The molecule has 4 rings (SSSR count). The zero-order chi connectivity index (χ0) is 17.2. The maximum atomic E-state index is 10.5. The van der Waals surface area contributed by atoms with Gasteiger partial charge in [-0.05, 0) is 57.7 Å². The first-order valence-corrected chi connectivity index (χ1v) is 9.58. The highest BCUT2D eigenvalue weighted by Crippen LogP contribution is 2.37. The molecular formula is C19H28N4O2. The average Bonchev–Trinajstić information content (AvgIpc) is 3.21. The lowest BCUT2D eigenvalue weighted by molar-refractivity contribution is 0.0813.